The van der Waals surface area contributed by atoms with Gasteiger partial charge in [-0.25, -0.2) is 4.98 Å². The first-order valence-electron chi connectivity index (χ1n) is 6.36. The lowest BCUT2D eigenvalue weighted by Crippen LogP contribution is -2.49. The van der Waals surface area contributed by atoms with Crippen LogP contribution in [0.2, 0.25) is 0 Å². The molecule has 0 bridgehead atoms. The highest BCUT2D eigenvalue weighted by Crippen LogP contribution is 2.27. The summed E-state index contributed by atoms with van der Waals surface area (Å²) in [5, 5.41) is 3.90. The molecule has 6 heteroatoms. The lowest BCUT2D eigenvalue weighted by molar-refractivity contribution is -0.149. The third-order valence-corrected chi connectivity index (χ3v) is 4.50. The van der Waals surface area contributed by atoms with Gasteiger partial charge in [0.25, 0.3) is 5.91 Å². The fraction of sp³-hybridized carbons (Fsp3) is 0.692. The number of carbonyl (C=O) groups is 1. The van der Waals surface area contributed by atoms with Crippen LogP contribution in [0.25, 0.3) is 0 Å². The Labute approximate surface area is 117 Å². The molecule has 1 aliphatic rings. The Morgan fingerprint density at radius 3 is 2.68 bits per heavy atom. The van der Waals surface area contributed by atoms with E-state index >= 15 is 0 Å². The van der Waals surface area contributed by atoms with Crippen molar-refractivity contribution in [3.05, 3.63) is 15.6 Å². The van der Waals surface area contributed by atoms with Crippen LogP contribution in [0.3, 0.4) is 0 Å². The van der Waals surface area contributed by atoms with Crippen molar-refractivity contribution >= 4 is 17.2 Å². The van der Waals surface area contributed by atoms with Crippen molar-refractivity contribution in [2.45, 2.75) is 39.3 Å². The van der Waals surface area contributed by atoms with Crippen LogP contribution in [-0.4, -0.2) is 36.8 Å². The molecule has 5 nitrogen and oxygen atoms in total. The topological polar surface area (TPSA) is 60.5 Å². The number of nitrogens with zero attached hydrogens (tertiary/aromatic N) is 1. The molecule has 1 N–H and O–H groups in total. The van der Waals surface area contributed by atoms with E-state index in [2.05, 4.69) is 10.3 Å². The summed E-state index contributed by atoms with van der Waals surface area (Å²) in [5.41, 5.74) is 0.515. The van der Waals surface area contributed by atoms with Crippen molar-refractivity contribution in [3.8, 4) is 0 Å². The Morgan fingerprint density at radius 2 is 2.16 bits per heavy atom. The molecule has 1 fully saturated rings. The third-order valence-electron chi connectivity index (χ3n) is 3.11. The van der Waals surface area contributed by atoms with Gasteiger partial charge in [0.2, 0.25) is 0 Å². The molecule has 0 aliphatic carbocycles. The van der Waals surface area contributed by atoms with Gasteiger partial charge in [0.1, 0.15) is 5.01 Å². The predicted octanol–water partition coefficient (Wildman–Crippen LogP) is 1.53. The van der Waals surface area contributed by atoms with Gasteiger partial charge in [-0.1, -0.05) is 0 Å². The summed E-state index contributed by atoms with van der Waals surface area (Å²) in [6.45, 7) is 9.25. The number of hydrogen-bond donors (Lipinski definition) is 1. The molecule has 1 aromatic heterocycles. The number of amides is 1. The van der Waals surface area contributed by atoms with Gasteiger partial charge in [-0.3, -0.25) is 4.79 Å². The van der Waals surface area contributed by atoms with E-state index in [0.29, 0.717) is 19.8 Å². The molecule has 2 heterocycles. The number of carbonyl (C=O) groups excluding carboxylic acids is 1. The van der Waals surface area contributed by atoms with Crippen molar-refractivity contribution < 1.29 is 14.3 Å². The van der Waals surface area contributed by atoms with E-state index in [9.17, 15) is 4.79 Å². The number of rotatable bonds is 3. The molecule has 2 rings (SSSR count). The zero-order chi connectivity index (χ0) is 14.0. The molecule has 19 heavy (non-hydrogen) atoms. The largest absolute Gasteiger partial charge is 0.376 e. The van der Waals surface area contributed by atoms with E-state index in [-0.39, 0.29) is 5.91 Å². The van der Waals surface area contributed by atoms with Crippen molar-refractivity contribution in [1.82, 2.24) is 10.3 Å². The molecule has 1 amide bonds. The molecule has 1 unspecified atom stereocenters. The normalized spacial score (nSPS) is 20.3. The van der Waals surface area contributed by atoms with E-state index in [1.807, 2.05) is 27.7 Å². The average molecular weight is 284 g/mol. The van der Waals surface area contributed by atoms with Crippen LogP contribution in [0.4, 0.5) is 0 Å². The molecule has 1 aliphatic heterocycles. The molecule has 0 radical (unpaired) electrons. The molecular weight excluding hydrogens is 264 g/mol. The number of aryl methyl sites for hydroxylation is 2. The second-order valence-corrected chi connectivity index (χ2v) is 6.41. The van der Waals surface area contributed by atoms with Crippen LogP contribution in [0, 0.1) is 13.8 Å². The minimum atomic E-state index is -0.518. The zero-order valence-electron chi connectivity index (χ0n) is 11.8. The predicted molar refractivity (Wildman–Crippen MR) is 73.3 cm³/mol. The summed E-state index contributed by atoms with van der Waals surface area (Å²) < 4.78 is 10.6. The highest BCUT2D eigenvalue weighted by atomic mass is 32.1. The van der Waals surface area contributed by atoms with E-state index in [1.165, 1.54) is 4.88 Å². The molecule has 0 spiro atoms. The number of aromatic nitrogens is 1. The van der Waals surface area contributed by atoms with E-state index in [4.69, 9.17) is 9.47 Å². The van der Waals surface area contributed by atoms with Gasteiger partial charge < -0.3 is 14.8 Å². The average Bonchev–Trinajstić information content (AvgIpc) is 2.71. The molecule has 0 saturated carbocycles. The SMILES string of the molecule is Cc1nc(C(C)(C)NC(=O)C2COCCO2)sc1C. The number of thiazole rings is 1. The molecular formula is C13H20N2O3S. The summed E-state index contributed by atoms with van der Waals surface area (Å²) in [4.78, 5) is 17.8. The zero-order valence-corrected chi connectivity index (χ0v) is 12.6. The maximum absolute atomic E-state index is 12.1. The van der Waals surface area contributed by atoms with Crippen LogP contribution >= 0.6 is 11.3 Å². The van der Waals surface area contributed by atoms with E-state index < -0.39 is 11.6 Å². The minimum absolute atomic E-state index is 0.143. The van der Waals surface area contributed by atoms with Crippen LogP contribution in [0.1, 0.15) is 29.4 Å². The fourth-order valence-corrected chi connectivity index (χ4v) is 2.79. The van der Waals surface area contributed by atoms with Crippen molar-refractivity contribution in [1.29, 1.82) is 0 Å². The van der Waals surface area contributed by atoms with Crippen LogP contribution in [0.15, 0.2) is 0 Å². The molecule has 1 aromatic rings. The monoisotopic (exact) mass is 284 g/mol. The van der Waals surface area contributed by atoms with Crippen LogP contribution in [0.5, 0.6) is 0 Å². The summed E-state index contributed by atoms with van der Waals surface area (Å²) in [7, 11) is 0. The van der Waals surface area contributed by atoms with Gasteiger partial charge in [-0.05, 0) is 27.7 Å². The van der Waals surface area contributed by atoms with Gasteiger partial charge in [-0.2, -0.15) is 0 Å². The third kappa shape index (κ3) is 3.32. The Hall–Kier alpha value is -0.980. The van der Waals surface area contributed by atoms with Gasteiger partial charge >= 0.3 is 0 Å². The Bertz CT molecular complexity index is 445. The quantitative estimate of drug-likeness (QED) is 0.914. The Morgan fingerprint density at radius 1 is 1.42 bits per heavy atom. The fourth-order valence-electron chi connectivity index (χ4n) is 1.82. The second-order valence-electron chi connectivity index (χ2n) is 5.21. The number of nitrogens with one attached hydrogen (secondary N) is 1. The molecule has 0 aromatic carbocycles. The van der Waals surface area contributed by atoms with Crippen LogP contribution in [-0.2, 0) is 19.8 Å². The Balaban J connectivity index is 2.05. The second kappa shape index (κ2) is 5.56. The highest BCUT2D eigenvalue weighted by Gasteiger charge is 2.31. The summed E-state index contributed by atoms with van der Waals surface area (Å²) in [6, 6.07) is 0. The number of ether oxygens (including phenoxy) is 2. The first-order chi connectivity index (χ1) is 8.90. The van der Waals surface area contributed by atoms with Crippen LogP contribution < -0.4 is 5.32 Å². The first-order valence-corrected chi connectivity index (χ1v) is 7.17. The lowest BCUT2D eigenvalue weighted by Gasteiger charge is -2.28. The van der Waals surface area contributed by atoms with Crippen molar-refractivity contribution in [2.75, 3.05) is 19.8 Å². The minimum Gasteiger partial charge on any atom is -0.376 e. The van der Waals surface area contributed by atoms with Gasteiger partial charge in [-0.15, -0.1) is 11.3 Å². The maximum Gasteiger partial charge on any atom is 0.252 e. The van der Waals surface area contributed by atoms with E-state index in [1.54, 1.807) is 11.3 Å². The van der Waals surface area contributed by atoms with Crippen molar-refractivity contribution in [3.63, 3.8) is 0 Å². The number of hydrogen-bond acceptors (Lipinski definition) is 5. The highest BCUT2D eigenvalue weighted by molar-refractivity contribution is 7.11. The standard InChI is InChI=1S/C13H20N2O3S/c1-8-9(2)19-12(14-8)13(3,4)15-11(16)10-7-17-5-6-18-10/h10H,5-7H2,1-4H3,(H,15,16). The molecule has 1 saturated heterocycles. The molecule has 106 valence electrons. The first kappa shape index (κ1) is 14.4. The summed E-state index contributed by atoms with van der Waals surface area (Å²) in [6.07, 6.45) is -0.518. The summed E-state index contributed by atoms with van der Waals surface area (Å²) in [5.74, 6) is -0.143. The Kier molecular flexibility index (Phi) is 4.23. The smallest absolute Gasteiger partial charge is 0.252 e. The summed E-state index contributed by atoms with van der Waals surface area (Å²) >= 11 is 1.61. The van der Waals surface area contributed by atoms with Gasteiger partial charge in [0.05, 0.1) is 31.1 Å². The lowest BCUT2D eigenvalue weighted by atomic mass is 10.1. The van der Waals surface area contributed by atoms with Gasteiger partial charge in [0, 0.05) is 4.88 Å². The van der Waals surface area contributed by atoms with E-state index in [0.717, 1.165) is 10.7 Å². The van der Waals surface area contributed by atoms with Crippen molar-refractivity contribution in [2.24, 2.45) is 0 Å². The molecule has 1 atom stereocenters. The maximum atomic E-state index is 12.1. The van der Waals surface area contributed by atoms with Gasteiger partial charge in [0.15, 0.2) is 6.10 Å².